The van der Waals surface area contributed by atoms with Crippen LogP contribution in [0.1, 0.15) is 52.1 Å². The topological polar surface area (TPSA) is 69.2 Å². The lowest BCUT2D eigenvalue weighted by Gasteiger charge is -2.20. The molecular formula is C13H17F3N2O3S. The maximum atomic E-state index is 12.4. The molecular weight excluding hydrogens is 321 g/mol. The van der Waals surface area contributed by atoms with E-state index in [1.807, 2.05) is 6.92 Å². The van der Waals surface area contributed by atoms with Gasteiger partial charge in [-0.05, 0) is 12.8 Å². The molecule has 0 aromatic carbocycles. The Balaban J connectivity index is 2.48. The number of aromatic nitrogens is 2. The molecule has 0 N–H and O–H groups in total. The van der Waals surface area contributed by atoms with Gasteiger partial charge in [0.1, 0.15) is 5.82 Å². The minimum absolute atomic E-state index is 0.241. The van der Waals surface area contributed by atoms with Crippen molar-refractivity contribution in [3.8, 4) is 5.88 Å². The fourth-order valence-electron chi connectivity index (χ4n) is 1.72. The number of hydrogen-bond donors (Lipinski definition) is 0. The molecule has 1 aromatic heterocycles. The largest absolute Gasteiger partial charge is 0.534 e. The predicted octanol–water partition coefficient (Wildman–Crippen LogP) is 3.05. The van der Waals surface area contributed by atoms with Gasteiger partial charge in [-0.25, -0.2) is 4.98 Å². The third-order valence-electron chi connectivity index (χ3n) is 3.47. The summed E-state index contributed by atoms with van der Waals surface area (Å²) in [5.74, 6) is -0.356. The molecule has 1 fully saturated rings. The van der Waals surface area contributed by atoms with Gasteiger partial charge in [0.05, 0.1) is 5.69 Å². The van der Waals surface area contributed by atoms with Gasteiger partial charge in [-0.3, -0.25) is 0 Å². The van der Waals surface area contributed by atoms with Crippen molar-refractivity contribution >= 4 is 10.1 Å². The first-order valence-electron chi connectivity index (χ1n) is 6.65. The summed E-state index contributed by atoms with van der Waals surface area (Å²) in [5, 5.41) is 0. The number of rotatable bonds is 3. The van der Waals surface area contributed by atoms with Crippen LogP contribution in [0.3, 0.4) is 0 Å². The van der Waals surface area contributed by atoms with Crippen LogP contribution in [0.15, 0.2) is 6.07 Å². The van der Waals surface area contributed by atoms with Crippen LogP contribution in [-0.2, 0) is 20.9 Å². The van der Waals surface area contributed by atoms with Gasteiger partial charge in [-0.2, -0.15) is 26.6 Å². The molecule has 2 rings (SSSR count). The number of nitrogens with zero attached hydrogens (tertiary/aromatic N) is 2. The predicted molar refractivity (Wildman–Crippen MR) is 72.9 cm³/mol. The summed E-state index contributed by atoms with van der Waals surface area (Å²) in [6, 6.07) is 1.17. The third-order valence-corrected chi connectivity index (χ3v) is 4.43. The van der Waals surface area contributed by atoms with Gasteiger partial charge in [0.15, 0.2) is 0 Å². The molecule has 1 saturated carbocycles. The molecule has 124 valence electrons. The number of hydrogen-bond acceptors (Lipinski definition) is 5. The van der Waals surface area contributed by atoms with E-state index in [0.717, 1.165) is 12.8 Å². The number of halogens is 3. The summed E-state index contributed by atoms with van der Waals surface area (Å²) < 4.78 is 63.8. The van der Waals surface area contributed by atoms with Crippen LogP contribution in [0.4, 0.5) is 13.2 Å². The Labute approximate surface area is 127 Å². The van der Waals surface area contributed by atoms with Crippen molar-refractivity contribution in [2.75, 3.05) is 0 Å². The van der Waals surface area contributed by atoms with Gasteiger partial charge in [-0.1, -0.05) is 27.7 Å². The van der Waals surface area contributed by atoms with Gasteiger partial charge >= 0.3 is 15.6 Å². The Hall–Kier alpha value is -1.38. The van der Waals surface area contributed by atoms with E-state index in [1.165, 1.54) is 6.07 Å². The fraction of sp³-hybridized carbons (Fsp3) is 0.692. The van der Waals surface area contributed by atoms with E-state index < -0.39 is 26.9 Å². The van der Waals surface area contributed by atoms with Crippen molar-refractivity contribution in [3.05, 3.63) is 17.6 Å². The van der Waals surface area contributed by atoms with E-state index in [2.05, 4.69) is 14.2 Å². The molecule has 1 aliphatic rings. The van der Waals surface area contributed by atoms with E-state index in [1.54, 1.807) is 20.8 Å². The van der Waals surface area contributed by atoms with Gasteiger partial charge in [0.25, 0.3) is 0 Å². The smallest absolute Gasteiger partial charge is 0.355 e. The Morgan fingerprint density at radius 3 is 2.14 bits per heavy atom. The SMILES string of the molecule is CC(C)(C)c1nc(OS(=O)(=O)C(F)(F)F)cc(C2(C)CC2)n1. The van der Waals surface area contributed by atoms with Gasteiger partial charge in [-0.15, -0.1) is 0 Å². The average Bonchev–Trinajstić information content (AvgIpc) is 3.05. The fourth-order valence-corrected chi connectivity index (χ4v) is 2.12. The van der Waals surface area contributed by atoms with Crippen molar-refractivity contribution in [3.63, 3.8) is 0 Å². The van der Waals surface area contributed by atoms with Crippen molar-refractivity contribution in [2.45, 2.75) is 56.9 Å². The lowest BCUT2D eigenvalue weighted by Crippen LogP contribution is -2.29. The summed E-state index contributed by atoms with van der Waals surface area (Å²) in [6.07, 6.45) is 1.66. The number of alkyl halides is 3. The van der Waals surface area contributed by atoms with Gasteiger partial charge in [0.2, 0.25) is 5.88 Å². The highest BCUT2D eigenvalue weighted by Gasteiger charge is 2.49. The average molecular weight is 338 g/mol. The lowest BCUT2D eigenvalue weighted by atomic mass is 9.95. The van der Waals surface area contributed by atoms with Crippen molar-refractivity contribution < 1.29 is 25.8 Å². The molecule has 5 nitrogen and oxygen atoms in total. The second-order valence-corrected chi connectivity index (χ2v) is 8.25. The van der Waals surface area contributed by atoms with Crippen LogP contribution in [0.2, 0.25) is 0 Å². The quantitative estimate of drug-likeness (QED) is 0.626. The van der Waals surface area contributed by atoms with Crippen molar-refractivity contribution in [1.82, 2.24) is 9.97 Å². The summed E-state index contributed by atoms with van der Waals surface area (Å²) in [7, 11) is -5.75. The first-order valence-corrected chi connectivity index (χ1v) is 8.06. The highest BCUT2D eigenvalue weighted by Crippen LogP contribution is 2.47. The highest BCUT2D eigenvalue weighted by atomic mass is 32.2. The van der Waals surface area contributed by atoms with Crippen LogP contribution < -0.4 is 4.18 Å². The van der Waals surface area contributed by atoms with Crippen LogP contribution in [0.5, 0.6) is 5.88 Å². The summed E-state index contributed by atoms with van der Waals surface area (Å²) in [6.45, 7) is 7.25. The molecule has 0 bridgehead atoms. The van der Waals surface area contributed by atoms with E-state index in [-0.39, 0.29) is 11.2 Å². The zero-order valence-corrected chi connectivity index (χ0v) is 13.5. The maximum absolute atomic E-state index is 12.4. The van der Waals surface area contributed by atoms with Crippen LogP contribution in [0, 0.1) is 0 Å². The molecule has 0 spiro atoms. The van der Waals surface area contributed by atoms with Crippen LogP contribution >= 0.6 is 0 Å². The van der Waals surface area contributed by atoms with E-state index in [9.17, 15) is 21.6 Å². The summed E-state index contributed by atoms with van der Waals surface area (Å²) in [4.78, 5) is 8.20. The second kappa shape index (κ2) is 4.81. The molecule has 1 aromatic rings. The molecule has 9 heteroatoms. The summed E-state index contributed by atoms with van der Waals surface area (Å²) in [5.41, 5.74) is -5.81. The van der Waals surface area contributed by atoms with Gasteiger partial charge < -0.3 is 4.18 Å². The molecule has 1 aliphatic carbocycles. The molecule has 0 atom stereocenters. The van der Waals surface area contributed by atoms with Crippen molar-refractivity contribution in [1.29, 1.82) is 0 Å². The zero-order valence-electron chi connectivity index (χ0n) is 12.7. The van der Waals surface area contributed by atoms with Crippen molar-refractivity contribution in [2.24, 2.45) is 0 Å². The Morgan fingerprint density at radius 2 is 1.73 bits per heavy atom. The highest BCUT2D eigenvalue weighted by molar-refractivity contribution is 7.87. The van der Waals surface area contributed by atoms with Crippen LogP contribution in [-0.4, -0.2) is 23.9 Å². The first kappa shape index (κ1) is 17.0. The Kier molecular flexibility index (Phi) is 3.71. The molecule has 22 heavy (non-hydrogen) atoms. The molecule has 0 radical (unpaired) electrons. The second-order valence-electron chi connectivity index (χ2n) is 6.71. The normalized spacial score (nSPS) is 18.1. The zero-order chi connectivity index (χ0) is 17.0. The molecule has 0 saturated heterocycles. The van der Waals surface area contributed by atoms with Crippen LogP contribution in [0.25, 0.3) is 0 Å². The van der Waals surface area contributed by atoms with E-state index >= 15 is 0 Å². The first-order chi connectivity index (χ1) is 9.75. The maximum Gasteiger partial charge on any atom is 0.534 e. The minimum Gasteiger partial charge on any atom is -0.355 e. The van der Waals surface area contributed by atoms with Gasteiger partial charge in [0, 0.05) is 16.9 Å². The van der Waals surface area contributed by atoms with E-state index in [4.69, 9.17) is 0 Å². The lowest BCUT2D eigenvalue weighted by molar-refractivity contribution is -0.0501. The Morgan fingerprint density at radius 1 is 1.18 bits per heavy atom. The molecule has 0 aliphatic heterocycles. The minimum atomic E-state index is -5.75. The van der Waals surface area contributed by atoms with E-state index in [0.29, 0.717) is 5.69 Å². The molecule has 0 unspecified atom stereocenters. The third kappa shape index (κ3) is 3.34. The standard InChI is InChI=1S/C13H17F3N2O3S/c1-11(2,3)10-17-8(12(4)5-6-12)7-9(18-10)21-22(19,20)13(14,15)16/h7H,5-6H2,1-4H3. The molecule has 1 heterocycles. The Bertz CT molecular complexity index is 666. The monoisotopic (exact) mass is 338 g/mol. The summed E-state index contributed by atoms with van der Waals surface area (Å²) >= 11 is 0. The molecule has 0 amide bonds.